The van der Waals surface area contributed by atoms with Crippen molar-refractivity contribution in [3.8, 4) is 0 Å². The molecule has 1 aliphatic rings. The molecule has 5 nitrogen and oxygen atoms in total. The van der Waals surface area contributed by atoms with E-state index in [1.807, 2.05) is 31.2 Å². The van der Waals surface area contributed by atoms with Gasteiger partial charge in [-0.25, -0.2) is 4.79 Å². The van der Waals surface area contributed by atoms with Crippen LogP contribution in [0.3, 0.4) is 0 Å². The summed E-state index contributed by atoms with van der Waals surface area (Å²) in [5.41, 5.74) is 2.02. The Labute approximate surface area is 130 Å². The molecular weight excluding hydrogens is 282 g/mol. The van der Waals surface area contributed by atoms with Gasteiger partial charge in [0.1, 0.15) is 0 Å². The van der Waals surface area contributed by atoms with Crippen molar-refractivity contribution in [2.24, 2.45) is 0 Å². The maximum atomic E-state index is 11.6. The molecule has 118 valence electrons. The van der Waals surface area contributed by atoms with Crippen molar-refractivity contribution < 1.29 is 19.1 Å². The summed E-state index contributed by atoms with van der Waals surface area (Å²) in [7, 11) is 0. The summed E-state index contributed by atoms with van der Waals surface area (Å²) in [6.45, 7) is 2.90. The van der Waals surface area contributed by atoms with Gasteiger partial charge in [0.2, 0.25) is 0 Å². The molecule has 0 unspecified atom stereocenters. The predicted octanol–water partition coefficient (Wildman–Crippen LogP) is 1.85. The molecule has 1 N–H and O–H groups in total. The van der Waals surface area contributed by atoms with Crippen LogP contribution in [0.4, 0.5) is 0 Å². The van der Waals surface area contributed by atoms with Crippen molar-refractivity contribution in [1.29, 1.82) is 0 Å². The lowest BCUT2D eigenvalue weighted by Gasteiger charge is -2.10. The molecule has 1 aromatic carbocycles. The molecule has 0 bridgehead atoms. The van der Waals surface area contributed by atoms with E-state index in [1.54, 1.807) is 6.08 Å². The molecule has 1 fully saturated rings. The largest absolute Gasteiger partial charge is 0.452 e. The fraction of sp³-hybridized carbons (Fsp3) is 0.412. The average molecular weight is 303 g/mol. The SMILES string of the molecule is Cc1ccccc1/C=C/C(=O)OCC(=O)NC[C@H]1CCCO1. The third-order valence-corrected chi connectivity index (χ3v) is 3.48. The van der Waals surface area contributed by atoms with E-state index >= 15 is 0 Å². The first-order valence-corrected chi connectivity index (χ1v) is 7.44. The van der Waals surface area contributed by atoms with Crippen LogP contribution in [-0.4, -0.2) is 37.7 Å². The highest BCUT2D eigenvalue weighted by Crippen LogP contribution is 2.10. The molecule has 0 radical (unpaired) electrons. The maximum absolute atomic E-state index is 11.6. The number of benzene rings is 1. The highest BCUT2D eigenvalue weighted by atomic mass is 16.5. The summed E-state index contributed by atoms with van der Waals surface area (Å²) in [5, 5.41) is 2.70. The number of aryl methyl sites for hydroxylation is 1. The third kappa shape index (κ3) is 5.33. The van der Waals surface area contributed by atoms with Crippen LogP contribution >= 0.6 is 0 Å². The van der Waals surface area contributed by atoms with Gasteiger partial charge >= 0.3 is 5.97 Å². The lowest BCUT2D eigenvalue weighted by Crippen LogP contribution is -2.34. The maximum Gasteiger partial charge on any atom is 0.331 e. The number of ether oxygens (including phenoxy) is 2. The van der Waals surface area contributed by atoms with Crippen molar-refractivity contribution in [2.45, 2.75) is 25.9 Å². The molecule has 0 aromatic heterocycles. The lowest BCUT2D eigenvalue weighted by atomic mass is 10.1. The Morgan fingerprint density at radius 1 is 1.41 bits per heavy atom. The van der Waals surface area contributed by atoms with Crippen molar-refractivity contribution >= 4 is 18.0 Å². The average Bonchev–Trinajstić information content (AvgIpc) is 3.03. The Morgan fingerprint density at radius 3 is 2.95 bits per heavy atom. The van der Waals surface area contributed by atoms with Gasteiger partial charge in [-0.1, -0.05) is 24.3 Å². The van der Waals surface area contributed by atoms with E-state index in [-0.39, 0.29) is 18.6 Å². The van der Waals surface area contributed by atoms with Crippen LogP contribution in [0.2, 0.25) is 0 Å². The second-order valence-electron chi connectivity index (χ2n) is 5.24. The Hall–Kier alpha value is -2.14. The molecule has 1 amide bonds. The Balaban J connectivity index is 1.68. The number of esters is 1. The van der Waals surface area contributed by atoms with Crippen molar-refractivity contribution in [3.63, 3.8) is 0 Å². The number of nitrogens with one attached hydrogen (secondary N) is 1. The van der Waals surface area contributed by atoms with Crippen molar-refractivity contribution in [2.75, 3.05) is 19.8 Å². The zero-order valence-corrected chi connectivity index (χ0v) is 12.7. The Morgan fingerprint density at radius 2 is 2.23 bits per heavy atom. The molecule has 1 heterocycles. The standard InChI is InChI=1S/C17H21NO4/c1-13-5-2-3-6-14(13)8-9-17(20)22-12-16(19)18-11-15-7-4-10-21-15/h2-3,5-6,8-9,15H,4,7,10-12H2,1H3,(H,18,19)/b9-8+/t15-/m1/s1. The second-order valence-corrected chi connectivity index (χ2v) is 5.24. The highest BCUT2D eigenvalue weighted by molar-refractivity contribution is 5.89. The zero-order valence-electron chi connectivity index (χ0n) is 12.7. The number of amides is 1. The Bertz CT molecular complexity index is 547. The first kappa shape index (κ1) is 16.2. The van der Waals surface area contributed by atoms with Crippen molar-refractivity contribution in [1.82, 2.24) is 5.32 Å². The van der Waals surface area contributed by atoms with Crippen LogP contribution in [0, 0.1) is 6.92 Å². The van der Waals surface area contributed by atoms with Gasteiger partial charge in [0.25, 0.3) is 5.91 Å². The lowest BCUT2D eigenvalue weighted by molar-refractivity contribution is -0.143. The number of carbonyl (C=O) groups excluding carboxylic acids is 2. The molecule has 1 saturated heterocycles. The molecule has 1 atom stereocenters. The van der Waals surface area contributed by atoms with E-state index in [2.05, 4.69) is 5.32 Å². The van der Waals surface area contributed by atoms with Crippen molar-refractivity contribution in [3.05, 3.63) is 41.5 Å². The second kappa shape index (κ2) is 8.34. The Kier molecular flexibility index (Phi) is 6.15. The summed E-state index contributed by atoms with van der Waals surface area (Å²) in [6.07, 6.45) is 5.08. The normalized spacial score (nSPS) is 17.6. The minimum atomic E-state index is -0.532. The van der Waals surface area contributed by atoms with E-state index in [9.17, 15) is 9.59 Å². The summed E-state index contributed by atoms with van der Waals surface area (Å²) in [4.78, 5) is 23.1. The molecule has 5 heteroatoms. The molecule has 0 spiro atoms. The highest BCUT2D eigenvalue weighted by Gasteiger charge is 2.16. The van der Waals surface area contributed by atoms with Crippen LogP contribution in [0.15, 0.2) is 30.3 Å². The third-order valence-electron chi connectivity index (χ3n) is 3.48. The van der Waals surface area contributed by atoms with Gasteiger partial charge in [0, 0.05) is 19.2 Å². The molecule has 2 rings (SSSR count). The molecule has 1 aliphatic heterocycles. The van der Waals surface area contributed by atoms with Gasteiger partial charge in [0.15, 0.2) is 6.61 Å². The van der Waals surface area contributed by atoms with Gasteiger partial charge < -0.3 is 14.8 Å². The summed E-state index contributed by atoms with van der Waals surface area (Å²) in [5.74, 6) is -0.844. The first-order valence-electron chi connectivity index (χ1n) is 7.44. The van der Waals surface area contributed by atoms with E-state index in [0.29, 0.717) is 6.54 Å². The van der Waals surface area contributed by atoms with Gasteiger partial charge in [-0.2, -0.15) is 0 Å². The molecular formula is C17H21NO4. The van der Waals surface area contributed by atoms with E-state index in [0.717, 1.165) is 30.6 Å². The van der Waals surface area contributed by atoms with Crippen LogP contribution < -0.4 is 5.32 Å². The topological polar surface area (TPSA) is 64.6 Å². The van der Waals surface area contributed by atoms with Crippen LogP contribution in [0.1, 0.15) is 24.0 Å². The summed E-state index contributed by atoms with van der Waals surface area (Å²) in [6, 6.07) is 7.71. The van der Waals surface area contributed by atoms with Crippen LogP contribution in [0.5, 0.6) is 0 Å². The molecule has 22 heavy (non-hydrogen) atoms. The minimum absolute atomic E-state index is 0.0839. The fourth-order valence-electron chi connectivity index (χ4n) is 2.20. The zero-order chi connectivity index (χ0) is 15.8. The van der Waals surface area contributed by atoms with Gasteiger partial charge in [-0.05, 0) is 37.0 Å². The smallest absolute Gasteiger partial charge is 0.331 e. The first-order chi connectivity index (χ1) is 10.6. The minimum Gasteiger partial charge on any atom is -0.452 e. The van der Waals surface area contributed by atoms with Gasteiger partial charge in [-0.3, -0.25) is 4.79 Å². The number of hydrogen-bond acceptors (Lipinski definition) is 4. The summed E-state index contributed by atoms with van der Waals surface area (Å²) < 4.78 is 10.3. The molecule has 0 saturated carbocycles. The van der Waals surface area contributed by atoms with Gasteiger partial charge in [0.05, 0.1) is 6.10 Å². The number of carbonyl (C=O) groups is 2. The van der Waals surface area contributed by atoms with Crippen LogP contribution in [-0.2, 0) is 19.1 Å². The fourth-order valence-corrected chi connectivity index (χ4v) is 2.20. The van der Waals surface area contributed by atoms with E-state index in [1.165, 1.54) is 6.08 Å². The molecule has 1 aromatic rings. The number of rotatable bonds is 6. The quantitative estimate of drug-likeness (QED) is 0.643. The molecule has 0 aliphatic carbocycles. The van der Waals surface area contributed by atoms with Crippen LogP contribution in [0.25, 0.3) is 6.08 Å². The number of hydrogen-bond donors (Lipinski definition) is 1. The predicted molar refractivity (Wildman–Crippen MR) is 83.2 cm³/mol. The van der Waals surface area contributed by atoms with E-state index < -0.39 is 5.97 Å². The van der Waals surface area contributed by atoms with Gasteiger partial charge in [-0.15, -0.1) is 0 Å². The monoisotopic (exact) mass is 303 g/mol. The summed E-state index contributed by atoms with van der Waals surface area (Å²) >= 11 is 0. The van der Waals surface area contributed by atoms with E-state index in [4.69, 9.17) is 9.47 Å².